The highest BCUT2D eigenvalue weighted by atomic mass is 35.5. The number of hydrogen-bond acceptors (Lipinski definition) is 0. The van der Waals surface area contributed by atoms with Crippen molar-refractivity contribution in [2.24, 2.45) is 11.3 Å². The van der Waals surface area contributed by atoms with Gasteiger partial charge in [-0.15, -0.1) is 11.6 Å². The molecular formula is C10H19Cl. The molecule has 0 nitrogen and oxygen atoms in total. The maximum absolute atomic E-state index is 5.98. The summed E-state index contributed by atoms with van der Waals surface area (Å²) in [6.07, 6.45) is 6.76. The fraction of sp³-hybridized carbons (Fsp3) is 1.00. The molecule has 0 radical (unpaired) electrons. The highest BCUT2D eigenvalue weighted by Crippen LogP contribution is 2.41. The molecule has 0 aromatic heterocycles. The van der Waals surface area contributed by atoms with Gasteiger partial charge in [0.1, 0.15) is 0 Å². The zero-order chi connectivity index (χ0) is 8.32. The number of hydrogen-bond donors (Lipinski definition) is 0. The Morgan fingerprint density at radius 1 is 1.36 bits per heavy atom. The molecule has 0 spiro atoms. The molecule has 1 aliphatic rings. The van der Waals surface area contributed by atoms with Crippen molar-refractivity contribution in [1.82, 2.24) is 0 Å². The van der Waals surface area contributed by atoms with Gasteiger partial charge in [0.2, 0.25) is 0 Å². The van der Waals surface area contributed by atoms with Crippen LogP contribution >= 0.6 is 11.6 Å². The quantitative estimate of drug-likeness (QED) is 0.559. The second kappa shape index (κ2) is 3.80. The van der Waals surface area contributed by atoms with E-state index in [1.807, 2.05) is 0 Å². The average Bonchev–Trinajstić information content (AvgIpc) is 2.07. The average molecular weight is 175 g/mol. The maximum Gasteiger partial charge on any atom is 0.0279 e. The summed E-state index contributed by atoms with van der Waals surface area (Å²) in [5.74, 6) is 1.81. The number of rotatable bonds is 2. The Morgan fingerprint density at radius 2 is 1.91 bits per heavy atom. The smallest absolute Gasteiger partial charge is 0.0279 e. The fourth-order valence-corrected chi connectivity index (χ4v) is 2.41. The van der Waals surface area contributed by atoms with E-state index in [1.54, 1.807) is 0 Å². The minimum atomic E-state index is 0.508. The molecule has 1 rings (SSSR count). The molecule has 0 aromatic carbocycles. The third kappa shape index (κ3) is 2.11. The standard InChI is InChI=1S/C10H19Cl/c1-3-10(8-11)6-4-9(2)5-7-10/h9H,3-8H2,1-2H3. The summed E-state index contributed by atoms with van der Waals surface area (Å²) in [6.45, 7) is 4.63. The topological polar surface area (TPSA) is 0 Å². The van der Waals surface area contributed by atoms with Crippen LogP contribution in [0.4, 0.5) is 0 Å². The fourth-order valence-electron chi connectivity index (χ4n) is 1.96. The molecule has 1 heteroatoms. The van der Waals surface area contributed by atoms with Crippen molar-refractivity contribution >= 4 is 11.6 Å². The molecule has 1 saturated carbocycles. The Kier molecular flexibility index (Phi) is 3.24. The Bertz CT molecular complexity index is 106. The van der Waals surface area contributed by atoms with Crippen LogP contribution in [-0.2, 0) is 0 Å². The van der Waals surface area contributed by atoms with Crippen LogP contribution in [0.1, 0.15) is 46.0 Å². The summed E-state index contributed by atoms with van der Waals surface area (Å²) in [4.78, 5) is 0. The van der Waals surface area contributed by atoms with E-state index in [9.17, 15) is 0 Å². The van der Waals surface area contributed by atoms with Crippen molar-refractivity contribution < 1.29 is 0 Å². The molecular weight excluding hydrogens is 156 g/mol. The molecule has 0 amide bonds. The van der Waals surface area contributed by atoms with Gasteiger partial charge in [0.25, 0.3) is 0 Å². The van der Waals surface area contributed by atoms with Gasteiger partial charge in [-0.25, -0.2) is 0 Å². The van der Waals surface area contributed by atoms with Gasteiger partial charge in [-0.1, -0.05) is 26.7 Å². The van der Waals surface area contributed by atoms with E-state index < -0.39 is 0 Å². The lowest BCUT2D eigenvalue weighted by molar-refractivity contribution is 0.175. The lowest BCUT2D eigenvalue weighted by Crippen LogP contribution is -2.27. The van der Waals surface area contributed by atoms with Crippen LogP contribution in [0.25, 0.3) is 0 Å². The highest BCUT2D eigenvalue weighted by molar-refractivity contribution is 6.18. The first kappa shape index (κ1) is 9.38. The maximum atomic E-state index is 5.98. The lowest BCUT2D eigenvalue weighted by atomic mass is 9.71. The molecule has 1 fully saturated rings. The third-order valence-electron chi connectivity index (χ3n) is 3.37. The Labute approximate surface area is 75.3 Å². The van der Waals surface area contributed by atoms with E-state index in [2.05, 4.69) is 13.8 Å². The van der Waals surface area contributed by atoms with Crippen molar-refractivity contribution in [2.75, 3.05) is 5.88 Å². The molecule has 1 aliphatic carbocycles. The van der Waals surface area contributed by atoms with Crippen LogP contribution in [0.15, 0.2) is 0 Å². The van der Waals surface area contributed by atoms with Crippen LogP contribution < -0.4 is 0 Å². The molecule has 0 bridgehead atoms. The molecule has 0 N–H and O–H groups in total. The summed E-state index contributed by atoms with van der Waals surface area (Å²) >= 11 is 5.98. The zero-order valence-electron chi connectivity index (χ0n) is 7.70. The summed E-state index contributed by atoms with van der Waals surface area (Å²) in [7, 11) is 0. The Balaban J connectivity index is 2.45. The van der Waals surface area contributed by atoms with E-state index >= 15 is 0 Å². The highest BCUT2D eigenvalue weighted by Gasteiger charge is 2.31. The van der Waals surface area contributed by atoms with Crippen LogP contribution in [0.5, 0.6) is 0 Å². The Hall–Kier alpha value is 0.290. The molecule has 66 valence electrons. The third-order valence-corrected chi connectivity index (χ3v) is 3.94. The number of halogens is 1. The normalized spacial score (nSPS) is 39.0. The van der Waals surface area contributed by atoms with Gasteiger partial charge in [0.05, 0.1) is 0 Å². The van der Waals surface area contributed by atoms with Crippen molar-refractivity contribution in [3.8, 4) is 0 Å². The first-order valence-corrected chi connectivity index (χ1v) is 5.32. The van der Waals surface area contributed by atoms with Gasteiger partial charge in [-0.2, -0.15) is 0 Å². The van der Waals surface area contributed by atoms with Gasteiger partial charge in [-0.3, -0.25) is 0 Å². The van der Waals surface area contributed by atoms with E-state index in [4.69, 9.17) is 11.6 Å². The van der Waals surface area contributed by atoms with Crippen LogP contribution in [0, 0.1) is 11.3 Å². The van der Waals surface area contributed by atoms with Crippen LogP contribution in [0.2, 0.25) is 0 Å². The largest absolute Gasteiger partial charge is 0.126 e. The first-order chi connectivity index (χ1) is 5.22. The molecule has 11 heavy (non-hydrogen) atoms. The zero-order valence-corrected chi connectivity index (χ0v) is 8.45. The van der Waals surface area contributed by atoms with Gasteiger partial charge < -0.3 is 0 Å². The summed E-state index contributed by atoms with van der Waals surface area (Å²) in [5, 5.41) is 0. The van der Waals surface area contributed by atoms with Crippen molar-refractivity contribution in [2.45, 2.75) is 46.0 Å². The van der Waals surface area contributed by atoms with Crippen molar-refractivity contribution in [1.29, 1.82) is 0 Å². The SMILES string of the molecule is CCC1(CCl)CCC(C)CC1. The lowest BCUT2D eigenvalue weighted by Gasteiger charge is -2.37. The summed E-state index contributed by atoms with van der Waals surface area (Å²) < 4.78 is 0. The predicted molar refractivity (Wildman–Crippen MR) is 51.1 cm³/mol. The van der Waals surface area contributed by atoms with Gasteiger partial charge in [-0.05, 0) is 30.6 Å². The van der Waals surface area contributed by atoms with Crippen molar-refractivity contribution in [3.05, 3.63) is 0 Å². The summed E-state index contributed by atoms with van der Waals surface area (Å²) in [5.41, 5.74) is 0.508. The van der Waals surface area contributed by atoms with Crippen molar-refractivity contribution in [3.63, 3.8) is 0 Å². The van der Waals surface area contributed by atoms with E-state index in [-0.39, 0.29) is 0 Å². The monoisotopic (exact) mass is 174 g/mol. The molecule has 0 heterocycles. The van der Waals surface area contributed by atoms with E-state index in [0.717, 1.165) is 11.8 Å². The minimum absolute atomic E-state index is 0.508. The Morgan fingerprint density at radius 3 is 2.27 bits per heavy atom. The van der Waals surface area contributed by atoms with E-state index in [0.29, 0.717) is 5.41 Å². The second-order valence-corrected chi connectivity index (χ2v) is 4.44. The molecule has 0 saturated heterocycles. The number of alkyl halides is 1. The second-order valence-electron chi connectivity index (χ2n) is 4.17. The molecule has 0 aromatic rings. The van der Waals surface area contributed by atoms with Crippen LogP contribution in [-0.4, -0.2) is 5.88 Å². The minimum Gasteiger partial charge on any atom is -0.126 e. The van der Waals surface area contributed by atoms with Crippen LogP contribution in [0.3, 0.4) is 0 Å². The van der Waals surface area contributed by atoms with E-state index in [1.165, 1.54) is 32.1 Å². The summed E-state index contributed by atoms with van der Waals surface area (Å²) in [6, 6.07) is 0. The molecule has 0 unspecified atom stereocenters. The van der Waals surface area contributed by atoms with Gasteiger partial charge >= 0.3 is 0 Å². The molecule has 0 atom stereocenters. The van der Waals surface area contributed by atoms with Gasteiger partial charge in [0.15, 0.2) is 0 Å². The molecule has 0 aliphatic heterocycles. The van der Waals surface area contributed by atoms with Gasteiger partial charge in [0, 0.05) is 5.88 Å². The first-order valence-electron chi connectivity index (χ1n) is 4.78. The predicted octanol–water partition coefficient (Wildman–Crippen LogP) is 3.83.